The number of aromatic nitrogens is 1. The third-order valence-electron chi connectivity index (χ3n) is 2.94. The van der Waals surface area contributed by atoms with Crippen molar-refractivity contribution in [3.8, 4) is 11.9 Å². The summed E-state index contributed by atoms with van der Waals surface area (Å²) in [6.45, 7) is 6.14. The molecule has 4 nitrogen and oxygen atoms in total. The van der Waals surface area contributed by atoms with Gasteiger partial charge in [0.05, 0.1) is 12.2 Å². The Labute approximate surface area is 140 Å². The summed E-state index contributed by atoms with van der Waals surface area (Å²) >= 11 is 12.1. The molecular formula is C16H17Cl2N3O. The van der Waals surface area contributed by atoms with Gasteiger partial charge < -0.3 is 10.5 Å². The molecular weight excluding hydrogens is 321 g/mol. The van der Waals surface area contributed by atoms with Gasteiger partial charge in [-0.1, -0.05) is 29.3 Å². The normalized spacial score (nSPS) is 11.3. The molecule has 0 radical (unpaired) electrons. The summed E-state index contributed by atoms with van der Waals surface area (Å²) in [5.74, 6) is 0.468. The molecule has 0 atom stereocenters. The van der Waals surface area contributed by atoms with Crippen molar-refractivity contribution >= 4 is 28.9 Å². The second-order valence-corrected chi connectivity index (χ2v) is 6.78. The number of hydrogen-bond donors (Lipinski definition) is 1. The number of halogens is 2. The van der Waals surface area contributed by atoms with Crippen LogP contribution in [0.15, 0.2) is 24.3 Å². The second-order valence-electron chi connectivity index (χ2n) is 5.94. The minimum absolute atomic E-state index is 0.376. The number of nitriles is 1. The molecule has 0 fully saturated rings. The van der Waals surface area contributed by atoms with Gasteiger partial charge in [0.2, 0.25) is 5.88 Å². The first kappa shape index (κ1) is 16.5. The molecule has 2 aromatic rings. The third-order valence-corrected chi connectivity index (χ3v) is 3.52. The molecule has 1 aromatic carbocycles. The van der Waals surface area contributed by atoms with E-state index in [4.69, 9.17) is 33.7 Å². The molecule has 116 valence electrons. The molecule has 0 unspecified atom stereocenters. The first-order valence-corrected chi connectivity index (χ1v) is 7.49. The van der Waals surface area contributed by atoms with E-state index in [1.165, 1.54) is 0 Å². The van der Waals surface area contributed by atoms with Crippen molar-refractivity contribution in [2.75, 3.05) is 5.73 Å². The second kappa shape index (κ2) is 6.12. The topological polar surface area (TPSA) is 64.0 Å². The number of hydrogen-bond acceptors (Lipinski definition) is 3. The van der Waals surface area contributed by atoms with Crippen LogP contribution in [0.2, 0.25) is 10.0 Å². The lowest BCUT2D eigenvalue weighted by Gasteiger charge is -2.23. The Morgan fingerprint density at radius 2 is 1.95 bits per heavy atom. The molecule has 0 saturated carbocycles. The van der Waals surface area contributed by atoms with E-state index >= 15 is 0 Å². The molecule has 6 heteroatoms. The summed E-state index contributed by atoms with van der Waals surface area (Å²) in [6.07, 6.45) is 0. The zero-order valence-corrected chi connectivity index (χ0v) is 14.2. The molecule has 0 saturated heterocycles. The summed E-state index contributed by atoms with van der Waals surface area (Å²) in [5, 5.41) is 10.4. The van der Waals surface area contributed by atoms with Gasteiger partial charge >= 0.3 is 0 Å². The van der Waals surface area contributed by atoms with Crippen LogP contribution in [0.1, 0.15) is 32.0 Å². The highest BCUT2D eigenvalue weighted by molar-refractivity contribution is 6.35. The Balaban J connectivity index is 2.47. The van der Waals surface area contributed by atoms with Crippen molar-refractivity contribution in [1.29, 1.82) is 5.26 Å². The Bertz CT molecular complexity index is 739. The molecule has 1 aromatic heterocycles. The van der Waals surface area contributed by atoms with Crippen LogP contribution in [0.4, 0.5) is 5.69 Å². The highest BCUT2D eigenvalue weighted by atomic mass is 35.5. The Kier molecular flexibility index (Phi) is 4.60. The molecule has 0 bridgehead atoms. The molecule has 0 aliphatic heterocycles. The predicted molar refractivity (Wildman–Crippen MR) is 89.5 cm³/mol. The first-order valence-electron chi connectivity index (χ1n) is 6.73. The van der Waals surface area contributed by atoms with Gasteiger partial charge in [0.25, 0.3) is 0 Å². The molecule has 0 spiro atoms. The van der Waals surface area contributed by atoms with Crippen LogP contribution in [0, 0.1) is 11.3 Å². The van der Waals surface area contributed by atoms with Gasteiger partial charge in [-0.05, 0) is 38.5 Å². The van der Waals surface area contributed by atoms with Crippen molar-refractivity contribution in [2.24, 2.45) is 0 Å². The molecule has 1 heterocycles. The average Bonchev–Trinajstić information content (AvgIpc) is 2.68. The van der Waals surface area contributed by atoms with Crippen molar-refractivity contribution < 1.29 is 4.74 Å². The van der Waals surface area contributed by atoms with E-state index in [0.717, 1.165) is 5.56 Å². The minimum atomic E-state index is -0.430. The summed E-state index contributed by atoms with van der Waals surface area (Å²) in [4.78, 5) is 0. The molecule has 2 rings (SSSR count). The van der Waals surface area contributed by atoms with Gasteiger partial charge in [0, 0.05) is 16.1 Å². The largest absolute Gasteiger partial charge is 0.472 e. The maximum Gasteiger partial charge on any atom is 0.219 e. The third kappa shape index (κ3) is 3.68. The fourth-order valence-electron chi connectivity index (χ4n) is 2.03. The molecule has 0 aliphatic carbocycles. The highest BCUT2D eigenvalue weighted by Gasteiger charge is 2.21. The first-order chi connectivity index (χ1) is 10.2. The van der Waals surface area contributed by atoms with E-state index in [1.807, 2.05) is 26.8 Å². The van der Waals surface area contributed by atoms with Crippen molar-refractivity contribution in [2.45, 2.75) is 32.9 Å². The van der Waals surface area contributed by atoms with E-state index < -0.39 is 5.60 Å². The van der Waals surface area contributed by atoms with Gasteiger partial charge in [0.15, 0.2) is 0 Å². The van der Waals surface area contributed by atoms with Crippen LogP contribution in [0.25, 0.3) is 0 Å². The van der Waals surface area contributed by atoms with Crippen LogP contribution in [0.5, 0.6) is 5.88 Å². The number of rotatable bonds is 3. The van der Waals surface area contributed by atoms with Crippen molar-refractivity contribution in [3.63, 3.8) is 0 Å². The maximum absolute atomic E-state index is 9.31. The van der Waals surface area contributed by atoms with Crippen molar-refractivity contribution in [3.05, 3.63) is 45.6 Å². The van der Waals surface area contributed by atoms with E-state index in [9.17, 15) is 5.26 Å². The van der Waals surface area contributed by atoms with Crippen LogP contribution in [-0.4, -0.2) is 10.2 Å². The number of nitrogens with two attached hydrogens (primary N) is 1. The molecule has 0 amide bonds. The number of nitrogens with zero attached hydrogens (tertiary/aromatic N) is 2. The van der Waals surface area contributed by atoms with E-state index in [-0.39, 0.29) is 0 Å². The lowest BCUT2D eigenvalue weighted by molar-refractivity contribution is 0.119. The van der Waals surface area contributed by atoms with Crippen LogP contribution < -0.4 is 10.5 Å². The lowest BCUT2D eigenvalue weighted by Crippen LogP contribution is -2.25. The predicted octanol–water partition coefficient (Wildman–Crippen LogP) is 4.47. The maximum atomic E-state index is 9.31. The summed E-state index contributed by atoms with van der Waals surface area (Å²) in [5.41, 5.74) is 7.24. The quantitative estimate of drug-likeness (QED) is 0.898. The van der Waals surface area contributed by atoms with Gasteiger partial charge in [-0.15, -0.1) is 0 Å². The summed E-state index contributed by atoms with van der Waals surface area (Å²) < 4.78 is 7.62. The van der Waals surface area contributed by atoms with Gasteiger partial charge in [-0.25, -0.2) is 0 Å². The minimum Gasteiger partial charge on any atom is -0.472 e. The van der Waals surface area contributed by atoms with Crippen LogP contribution in [0.3, 0.4) is 0 Å². The number of anilines is 1. The fraction of sp³-hybridized carbons (Fsp3) is 0.312. The van der Waals surface area contributed by atoms with Crippen LogP contribution in [-0.2, 0) is 6.54 Å². The molecule has 0 aliphatic rings. The van der Waals surface area contributed by atoms with Gasteiger partial charge in [-0.2, -0.15) is 5.26 Å². The Morgan fingerprint density at radius 1 is 1.27 bits per heavy atom. The van der Waals surface area contributed by atoms with E-state index in [1.54, 1.807) is 22.8 Å². The SMILES string of the molecule is CC(C)(C)Oc1c(N)cc(C#N)n1Cc1ccc(Cl)cc1Cl. The number of ether oxygens (including phenoxy) is 1. The summed E-state index contributed by atoms with van der Waals surface area (Å²) in [7, 11) is 0. The monoisotopic (exact) mass is 337 g/mol. The Morgan fingerprint density at radius 3 is 2.50 bits per heavy atom. The van der Waals surface area contributed by atoms with Gasteiger partial charge in [0.1, 0.15) is 17.4 Å². The highest BCUT2D eigenvalue weighted by Crippen LogP contribution is 2.32. The number of nitrogen functional groups attached to an aromatic ring is 1. The fourth-order valence-corrected chi connectivity index (χ4v) is 2.49. The number of benzene rings is 1. The zero-order chi connectivity index (χ0) is 16.5. The molecule has 2 N–H and O–H groups in total. The van der Waals surface area contributed by atoms with Crippen LogP contribution >= 0.6 is 23.2 Å². The van der Waals surface area contributed by atoms with Crippen molar-refractivity contribution in [1.82, 2.24) is 4.57 Å². The lowest BCUT2D eigenvalue weighted by atomic mass is 10.2. The molecule has 22 heavy (non-hydrogen) atoms. The van der Waals surface area contributed by atoms with E-state index in [2.05, 4.69) is 6.07 Å². The Hall–Kier alpha value is -1.83. The standard InChI is InChI=1S/C16H17Cl2N3O/c1-16(2,3)22-15-14(20)7-12(8-19)21(15)9-10-4-5-11(17)6-13(10)18/h4-7H,9,20H2,1-3H3. The zero-order valence-electron chi connectivity index (χ0n) is 12.7. The smallest absolute Gasteiger partial charge is 0.219 e. The summed E-state index contributed by atoms with van der Waals surface area (Å²) in [6, 6.07) is 8.98. The van der Waals surface area contributed by atoms with Gasteiger partial charge in [-0.3, -0.25) is 4.57 Å². The van der Waals surface area contributed by atoms with E-state index in [0.29, 0.717) is 33.9 Å². The average molecular weight is 338 g/mol.